The topological polar surface area (TPSA) is 68.0 Å². The number of carbonyl (C=O) groups excluding carboxylic acids is 1. The summed E-state index contributed by atoms with van der Waals surface area (Å²) in [6.45, 7) is 2.16. The number of carbonyl (C=O) groups is 1. The normalized spacial score (nSPS) is 15.1. The van der Waals surface area contributed by atoms with Crippen LogP contribution in [0.5, 0.6) is 0 Å². The number of aromatic nitrogens is 1. The molecule has 0 spiro atoms. The molecule has 0 aliphatic rings. The molecule has 1 heterocycles. The average molecular weight is 282 g/mol. The van der Waals surface area contributed by atoms with Crippen LogP contribution in [0, 0.1) is 6.92 Å². The molecule has 0 saturated heterocycles. The summed E-state index contributed by atoms with van der Waals surface area (Å²) in [6.07, 6.45) is -3.49. The van der Waals surface area contributed by atoms with E-state index in [4.69, 9.17) is 17.3 Å². The molecule has 1 rings (SSSR count). The lowest BCUT2D eigenvalue weighted by molar-refractivity contribution is -0.184. The Kier molecular flexibility index (Phi) is 3.87. The number of nitrogens with two attached hydrogens (primary N) is 1. The zero-order valence-electron chi connectivity index (χ0n) is 9.60. The van der Waals surface area contributed by atoms with E-state index in [9.17, 15) is 18.0 Å². The van der Waals surface area contributed by atoms with Crippen molar-refractivity contribution in [3.63, 3.8) is 0 Å². The van der Waals surface area contributed by atoms with Gasteiger partial charge < -0.3 is 11.1 Å². The van der Waals surface area contributed by atoms with Crippen molar-refractivity contribution in [3.05, 3.63) is 23.0 Å². The van der Waals surface area contributed by atoms with Gasteiger partial charge in [0, 0.05) is 6.20 Å². The Bertz CT molecular complexity index is 454. The largest absolute Gasteiger partial charge is 0.415 e. The van der Waals surface area contributed by atoms with Crippen LogP contribution in [0.2, 0.25) is 5.15 Å². The minimum atomic E-state index is -4.86. The van der Waals surface area contributed by atoms with Gasteiger partial charge >= 0.3 is 6.18 Å². The average Bonchev–Trinajstić information content (AvgIpc) is 2.21. The van der Waals surface area contributed by atoms with Gasteiger partial charge in [-0.15, -0.1) is 0 Å². The first-order valence-corrected chi connectivity index (χ1v) is 5.23. The van der Waals surface area contributed by atoms with E-state index in [0.717, 1.165) is 0 Å². The van der Waals surface area contributed by atoms with Crippen molar-refractivity contribution in [3.8, 4) is 0 Å². The van der Waals surface area contributed by atoms with Gasteiger partial charge in [0.15, 0.2) is 10.7 Å². The van der Waals surface area contributed by atoms with E-state index < -0.39 is 17.6 Å². The van der Waals surface area contributed by atoms with E-state index in [1.54, 1.807) is 6.92 Å². The van der Waals surface area contributed by atoms with E-state index in [-0.39, 0.29) is 10.8 Å². The minimum absolute atomic E-state index is 0.0186. The van der Waals surface area contributed by atoms with Gasteiger partial charge in [-0.1, -0.05) is 11.6 Å². The Morgan fingerprint density at radius 2 is 2.06 bits per heavy atom. The van der Waals surface area contributed by atoms with E-state index in [1.165, 1.54) is 12.3 Å². The lowest BCUT2D eigenvalue weighted by atomic mass is 10.0. The Balaban J connectivity index is 3.03. The number of alkyl halides is 3. The van der Waals surface area contributed by atoms with Crippen LogP contribution in [0.4, 0.5) is 18.9 Å². The van der Waals surface area contributed by atoms with Gasteiger partial charge in [0.05, 0.1) is 5.69 Å². The van der Waals surface area contributed by atoms with Crippen molar-refractivity contribution in [1.82, 2.24) is 4.98 Å². The number of hydrogen-bond donors (Lipinski definition) is 2. The summed E-state index contributed by atoms with van der Waals surface area (Å²) in [6, 6.07) is 1.50. The van der Waals surface area contributed by atoms with Gasteiger partial charge in [-0.25, -0.2) is 4.98 Å². The van der Waals surface area contributed by atoms with Crippen molar-refractivity contribution in [1.29, 1.82) is 0 Å². The van der Waals surface area contributed by atoms with Crippen LogP contribution >= 0.6 is 11.6 Å². The second-order valence-corrected chi connectivity index (χ2v) is 4.31. The summed E-state index contributed by atoms with van der Waals surface area (Å²) in [7, 11) is 0. The fraction of sp³-hybridized carbons (Fsp3) is 0.400. The molecular formula is C10H11ClF3N3O. The van der Waals surface area contributed by atoms with Gasteiger partial charge in [0.1, 0.15) is 0 Å². The standard InChI is InChI=1S/C10H11ClF3N3O/c1-5-3-4-16-7(11)6(5)17-8(18)9(2,15)10(12,13)14/h3-4H,15H2,1-2H3,(H,17,18). The highest BCUT2D eigenvalue weighted by Crippen LogP contribution is 2.30. The molecule has 4 nitrogen and oxygen atoms in total. The first kappa shape index (κ1) is 14.7. The van der Waals surface area contributed by atoms with Crippen LogP contribution < -0.4 is 11.1 Å². The van der Waals surface area contributed by atoms with Crippen molar-refractivity contribution in [2.24, 2.45) is 5.73 Å². The summed E-state index contributed by atoms with van der Waals surface area (Å²) < 4.78 is 37.7. The summed E-state index contributed by atoms with van der Waals surface area (Å²) >= 11 is 5.69. The molecule has 100 valence electrons. The number of hydrogen-bond acceptors (Lipinski definition) is 3. The maximum atomic E-state index is 12.6. The molecule has 1 unspecified atom stereocenters. The smallest absolute Gasteiger partial charge is 0.321 e. The predicted molar refractivity (Wildman–Crippen MR) is 61.3 cm³/mol. The van der Waals surface area contributed by atoms with Crippen LogP contribution in [-0.4, -0.2) is 22.6 Å². The number of halogens is 4. The second-order valence-electron chi connectivity index (χ2n) is 3.95. The molecule has 1 atom stereocenters. The molecule has 8 heteroatoms. The molecule has 1 aromatic heterocycles. The van der Waals surface area contributed by atoms with Gasteiger partial charge in [-0.05, 0) is 25.5 Å². The van der Waals surface area contributed by atoms with Gasteiger partial charge in [-0.3, -0.25) is 4.79 Å². The SMILES string of the molecule is Cc1ccnc(Cl)c1NC(=O)C(C)(N)C(F)(F)F. The second kappa shape index (κ2) is 4.74. The van der Waals surface area contributed by atoms with E-state index >= 15 is 0 Å². The lowest BCUT2D eigenvalue weighted by Gasteiger charge is -2.26. The Labute approximate surface area is 106 Å². The zero-order valence-corrected chi connectivity index (χ0v) is 10.4. The summed E-state index contributed by atoms with van der Waals surface area (Å²) in [4.78, 5) is 15.2. The monoisotopic (exact) mass is 281 g/mol. The highest BCUT2D eigenvalue weighted by atomic mass is 35.5. The molecule has 3 N–H and O–H groups in total. The van der Waals surface area contributed by atoms with Crippen LogP contribution in [0.3, 0.4) is 0 Å². The maximum absolute atomic E-state index is 12.6. The van der Waals surface area contributed by atoms with E-state index in [1.807, 2.05) is 5.32 Å². The molecule has 0 fully saturated rings. The molecular weight excluding hydrogens is 271 g/mol. The van der Waals surface area contributed by atoms with Crippen LogP contribution in [0.25, 0.3) is 0 Å². The fourth-order valence-electron chi connectivity index (χ4n) is 1.05. The quantitative estimate of drug-likeness (QED) is 0.817. The van der Waals surface area contributed by atoms with Crippen molar-refractivity contribution >= 4 is 23.2 Å². The number of nitrogens with one attached hydrogen (secondary N) is 1. The van der Waals surface area contributed by atoms with Crippen molar-refractivity contribution < 1.29 is 18.0 Å². The number of rotatable bonds is 2. The zero-order chi connectivity index (χ0) is 14.1. The van der Waals surface area contributed by atoms with Gasteiger partial charge in [-0.2, -0.15) is 13.2 Å². The van der Waals surface area contributed by atoms with E-state index in [2.05, 4.69) is 4.98 Å². The predicted octanol–water partition coefficient (Wildman–Crippen LogP) is 2.26. The number of aryl methyl sites for hydroxylation is 1. The number of anilines is 1. The third-order valence-electron chi connectivity index (χ3n) is 2.41. The van der Waals surface area contributed by atoms with Crippen LogP contribution in [-0.2, 0) is 4.79 Å². The molecule has 0 aliphatic carbocycles. The number of nitrogens with zero attached hydrogens (tertiary/aromatic N) is 1. The van der Waals surface area contributed by atoms with Crippen molar-refractivity contribution in [2.45, 2.75) is 25.6 Å². The third kappa shape index (κ3) is 2.73. The van der Waals surface area contributed by atoms with Gasteiger partial charge in [0.2, 0.25) is 0 Å². The van der Waals surface area contributed by atoms with Crippen molar-refractivity contribution in [2.75, 3.05) is 5.32 Å². The molecule has 0 saturated carbocycles. The Morgan fingerprint density at radius 3 is 2.50 bits per heavy atom. The van der Waals surface area contributed by atoms with Gasteiger partial charge in [0.25, 0.3) is 5.91 Å². The Hall–Kier alpha value is -1.34. The van der Waals surface area contributed by atoms with Crippen LogP contribution in [0.1, 0.15) is 12.5 Å². The molecule has 0 aliphatic heterocycles. The fourth-order valence-corrected chi connectivity index (χ4v) is 1.30. The van der Waals surface area contributed by atoms with E-state index in [0.29, 0.717) is 12.5 Å². The molecule has 1 amide bonds. The summed E-state index contributed by atoms with van der Waals surface area (Å²) in [5, 5.41) is 1.95. The molecule has 18 heavy (non-hydrogen) atoms. The first-order valence-electron chi connectivity index (χ1n) is 4.85. The summed E-state index contributed by atoms with van der Waals surface area (Å²) in [5.41, 5.74) is 2.49. The number of pyridine rings is 1. The lowest BCUT2D eigenvalue weighted by Crippen LogP contribution is -2.59. The number of amides is 1. The highest BCUT2D eigenvalue weighted by molar-refractivity contribution is 6.32. The molecule has 0 bridgehead atoms. The Morgan fingerprint density at radius 1 is 1.50 bits per heavy atom. The highest BCUT2D eigenvalue weighted by Gasteiger charge is 2.54. The minimum Gasteiger partial charge on any atom is -0.321 e. The molecule has 0 radical (unpaired) electrons. The third-order valence-corrected chi connectivity index (χ3v) is 2.70. The first-order chi connectivity index (χ1) is 8.07. The van der Waals surface area contributed by atoms with Crippen LogP contribution in [0.15, 0.2) is 12.3 Å². The molecule has 0 aromatic carbocycles. The summed E-state index contributed by atoms with van der Waals surface area (Å²) in [5.74, 6) is -1.40. The molecule has 1 aromatic rings. The maximum Gasteiger partial charge on any atom is 0.415 e.